The molecule has 0 unspecified atom stereocenters. The van der Waals surface area contributed by atoms with Gasteiger partial charge in [-0.25, -0.2) is 0 Å². The molecule has 0 radical (unpaired) electrons. The van der Waals surface area contributed by atoms with Gasteiger partial charge in [-0.1, -0.05) is 0 Å². The van der Waals surface area contributed by atoms with Crippen LogP contribution in [0.1, 0.15) is 10.4 Å². The summed E-state index contributed by atoms with van der Waals surface area (Å²) in [6.45, 7) is 0. The lowest BCUT2D eigenvalue weighted by molar-refractivity contribution is 0.102. The van der Waals surface area contributed by atoms with Crippen LogP contribution >= 0.6 is 0 Å². The Morgan fingerprint density at radius 1 is 1.35 bits per heavy atom. The number of carbonyl (C=O) groups is 1. The van der Waals surface area contributed by atoms with Crippen LogP contribution in [0.15, 0.2) is 53.5 Å². The van der Waals surface area contributed by atoms with Gasteiger partial charge in [0.15, 0.2) is 5.76 Å². The molecule has 1 N–H and O–H groups in total. The van der Waals surface area contributed by atoms with Gasteiger partial charge in [0.05, 0.1) is 23.7 Å². The zero-order valence-corrected chi connectivity index (χ0v) is 10.8. The standard InChI is InChI=1S/C14H12N4O2/c1-18-9-11(13(17-18)12-5-3-7-20-12)14(19)16-10-4-2-6-15-8-10/h2-9H,1H3,(H,16,19). The Balaban J connectivity index is 1.92. The molecule has 0 aliphatic rings. The molecule has 0 aliphatic heterocycles. The molecule has 1 amide bonds. The molecule has 3 aromatic rings. The van der Waals surface area contributed by atoms with Gasteiger partial charge < -0.3 is 9.73 Å². The maximum absolute atomic E-state index is 12.3. The second-order valence-corrected chi connectivity index (χ2v) is 4.24. The highest BCUT2D eigenvalue weighted by Gasteiger charge is 2.19. The second kappa shape index (κ2) is 5.00. The Morgan fingerprint density at radius 2 is 2.25 bits per heavy atom. The summed E-state index contributed by atoms with van der Waals surface area (Å²) < 4.78 is 6.89. The third kappa shape index (κ3) is 2.31. The number of nitrogens with one attached hydrogen (secondary N) is 1. The molecule has 100 valence electrons. The molecule has 0 spiro atoms. The highest BCUT2D eigenvalue weighted by atomic mass is 16.3. The summed E-state index contributed by atoms with van der Waals surface area (Å²) in [5.74, 6) is 0.305. The molecule has 3 heterocycles. The van der Waals surface area contributed by atoms with Crippen molar-refractivity contribution in [1.29, 1.82) is 0 Å². The van der Waals surface area contributed by atoms with Gasteiger partial charge in [-0.15, -0.1) is 0 Å². The fraction of sp³-hybridized carbons (Fsp3) is 0.0714. The van der Waals surface area contributed by atoms with E-state index in [-0.39, 0.29) is 5.91 Å². The third-order valence-corrected chi connectivity index (χ3v) is 2.75. The largest absolute Gasteiger partial charge is 0.463 e. The summed E-state index contributed by atoms with van der Waals surface area (Å²) in [5.41, 5.74) is 1.59. The average Bonchev–Trinajstić information content (AvgIpc) is 3.08. The molecule has 6 heteroatoms. The Labute approximate surface area is 115 Å². The van der Waals surface area contributed by atoms with Gasteiger partial charge in [0.2, 0.25) is 0 Å². The lowest BCUT2D eigenvalue weighted by Crippen LogP contribution is -2.12. The Bertz CT molecular complexity index is 717. The van der Waals surface area contributed by atoms with E-state index in [1.54, 1.807) is 60.8 Å². The number of anilines is 1. The quantitative estimate of drug-likeness (QED) is 0.791. The molecule has 20 heavy (non-hydrogen) atoms. The van der Waals surface area contributed by atoms with Gasteiger partial charge in [0.25, 0.3) is 5.91 Å². The van der Waals surface area contributed by atoms with Crippen LogP contribution in [-0.4, -0.2) is 20.7 Å². The van der Waals surface area contributed by atoms with E-state index >= 15 is 0 Å². The van der Waals surface area contributed by atoms with Crippen molar-refractivity contribution in [3.63, 3.8) is 0 Å². The SMILES string of the molecule is Cn1cc(C(=O)Nc2cccnc2)c(-c2ccco2)n1. The van der Waals surface area contributed by atoms with Crippen LogP contribution in [0.3, 0.4) is 0 Å². The van der Waals surface area contributed by atoms with E-state index < -0.39 is 0 Å². The van der Waals surface area contributed by atoms with Crippen molar-refractivity contribution in [3.8, 4) is 11.5 Å². The number of aryl methyl sites for hydroxylation is 1. The fourth-order valence-corrected chi connectivity index (χ4v) is 1.89. The van der Waals surface area contributed by atoms with E-state index in [0.29, 0.717) is 22.7 Å². The summed E-state index contributed by atoms with van der Waals surface area (Å²) in [6, 6.07) is 7.05. The summed E-state index contributed by atoms with van der Waals surface area (Å²) in [6.07, 6.45) is 6.44. The van der Waals surface area contributed by atoms with Crippen molar-refractivity contribution in [2.45, 2.75) is 0 Å². The van der Waals surface area contributed by atoms with E-state index in [1.165, 1.54) is 0 Å². The third-order valence-electron chi connectivity index (χ3n) is 2.75. The van der Waals surface area contributed by atoms with Crippen molar-refractivity contribution >= 4 is 11.6 Å². The monoisotopic (exact) mass is 268 g/mol. The molecule has 0 fully saturated rings. The highest BCUT2D eigenvalue weighted by molar-refractivity contribution is 6.07. The van der Waals surface area contributed by atoms with Gasteiger partial charge in [0.1, 0.15) is 5.69 Å². The number of hydrogen-bond donors (Lipinski definition) is 1. The molecule has 6 nitrogen and oxygen atoms in total. The second-order valence-electron chi connectivity index (χ2n) is 4.24. The molecule has 3 rings (SSSR count). The van der Waals surface area contributed by atoms with Crippen LogP contribution in [0.25, 0.3) is 11.5 Å². The molecule has 0 saturated carbocycles. The predicted molar refractivity (Wildman–Crippen MR) is 73.1 cm³/mol. The molecular formula is C14H12N4O2. The van der Waals surface area contributed by atoms with Crippen molar-refractivity contribution < 1.29 is 9.21 Å². The number of aromatic nitrogens is 3. The maximum atomic E-state index is 12.3. The number of hydrogen-bond acceptors (Lipinski definition) is 4. The first-order valence-corrected chi connectivity index (χ1v) is 6.03. The first kappa shape index (κ1) is 12.2. The van der Waals surface area contributed by atoms with Gasteiger partial charge >= 0.3 is 0 Å². The number of rotatable bonds is 3. The van der Waals surface area contributed by atoms with Gasteiger partial charge in [-0.05, 0) is 24.3 Å². The number of carbonyl (C=O) groups excluding carboxylic acids is 1. The highest BCUT2D eigenvalue weighted by Crippen LogP contribution is 2.23. The minimum atomic E-state index is -0.252. The summed E-state index contributed by atoms with van der Waals surface area (Å²) in [5, 5.41) is 7.04. The van der Waals surface area contributed by atoms with E-state index in [0.717, 1.165) is 0 Å². The molecule has 3 aromatic heterocycles. The normalized spacial score (nSPS) is 10.4. The molecule has 0 saturated heterocycles. The Kier molecular flexibility index (Phi) is 3.04. The predicted octanol–water partition coefficient (Wildman–Crippen LogP) is 2.33. The number of amides is 1. The Hall–Kier alpha value is -2.89. The minimum Gasteiger partial charge on any atom is -0.463 e. The van der Waals surface area contributed by atoms with Crippen LogP contribution in [-0.2, 0) is 7.05 Å². The van der Waals surface area contributed by atoms with E-state index in [9.17, 15) is 4.79 Å². The van der Waals surface area contributed by atoms with E-state index in [1.807, 2.05) is 0 Å². The van der Waals surface area contributed by atoms with Crippen molar-refractivity contribution in [2.24, 2.45) is 7.05 Å². The van der Waals surface area contributed by atoms with Gasteiger partial charge in [0, 0.05) is 19.4 Å². The zero-order valence-electron chi connectivity index (χ0n) is 10.8. The maximum Gasteiger partial charge on any atom is 0.259 e. The topological polar surface area (TPSA) is 73.0 Å². The van der Waals surface area contributed by atoms with Crippen molar-refractivity contribution in [3.05, 3.63) is 54.7 Å². The van der Waals surface area contributed by atoms with E-state index in [4.69, 9.17) is 4.42 Å². The van der Waals surface area contributed by atoms with Crippen LogP contribution in [0.4, 0.5) is 5.69 Å². The molecular weight excluding hydrogens is 256 g/mol. The van der Waals surface area contributed by atoms with Crippen LogP contribution < -0.4 is 5.32 Å². The first-order chi connectivity index (χ1) is 9.74. The summed E-state index contributed by atoms with van der Waals surface area (Å²) in [7, 11) is 1.76. The Morgan fingerprint density at radius 3 is 2.95 bits per heavy atom. The molecule has 0 aromatic carbocycles. The van der Waals surface area contributed by atoms with Crippen molar-refractivity contribution in [2.75, 3.05) is 5.32 Å². The summed E-state index contributed by atoms with van der Waals surface area (Å²) in [4.78, 5) is 16.3. The molecule has 0 atom stereocenters. The lowest BCUT2D eigenvalue weighted by Gasteiger charge is -2.03. The van der Waals surface area contributed by atoms with Gasteiger partial charge in [-0.3, -0.25) is 14.5 Å². The molecule has 0 aliphatic carbocycles. The van der Waals surface area contributed by atoms with Crippen LogP contribution in [0.5, 0.6) is 0 Å². The smallest absolute Gasteiger partial charge is 0.259 e. The van der Waals surface area contributed by atoms with Crippen LogP contribution in [0.2, 0.25) is 0 Å². The van der Waals surface area contributed by atoms with Crippen LogP contribution in [0, 0.1) is 0 Å². The average molecular weight is 268 g/mol. The number of nitrogens with zero attached hydrogens (tertiary/aromatic N) is 3. The fourth-order valence-electron chi connectivity index (χ4n) is 1.89. The first-order valence-electron chi connectivity index (χ1n) is 6.03. The number of pyridine rings is 1. The zero-order chi connectivity index (χ0) is 13.9. The lowest BCUT2D eigenvalue weighted by atomic mass is 10.2. The minimum absolute atomic E-state index is 0.252. The molecule has 0 bridgehead atoms. The van der Waals surface area contributed by atoms with Gasteiger partial charge in [-0.2, -0.15) is 5.10 Å². The van der Waals surface area contributed by atoms with E-state index in [2.05, 4.69) is 15.4 Å². The summed E-state index contributed by atoms with van der Waals surface area (Å²) >= 11 is 0. The van der Waals surface area contributed by atoms with Crippen molar-refractivity contribution in [1.82, 2.24) is 14.8 Å². The number of furan rings is 1.